The number of nitrogens with one attached hydrogen (secondary N) is 1. The summed E-state index contributed by atoms with van der Waals surface area (Å²) in [6.07, 6.45) is 1.87. The zero-order valence-corrected chi connectivity index (χ0v) is 5.96. The third-order valence-electron chi connectivity index (χ3n) is 1.89. The highest BCUT2D eigenvalue weighted by atomic mass is 16.2. The van der Waals surface area contributed by atoms with Crippen molar-refractivity contribution in [1.29, 1.82) is 0 Å². The zero-order chi connectivity index (χ0) is 7.56. The summed E-state index contributed by atoms with van der Waals surface area (Å²) >= 11 is 0. The topological polar surface area (TPSA) is 46.2 Å². The molecule has 1 fully saturated rings. The van der Waals surface area contributed by atoms with Crippen molar-refractivity contribution in [3.63, 3.8) is 0 Å². The highest BCUT2D eigenvalue weighted by molar-refractivity contribution is 5.79. The summed E-state index contributed by atoms with van der Waals surface area (Å²) < 4.78 is 0. The smallest absolute Gasteiger partial charge is 0.220 e. The van der Waals surface area contributed by atoms with Gasteiger partial charge in [-0.2, -0.15) is 0 Å². The molecule has 0 aromatic rings. The molecule has 10 heavy (non-hydrogen) atoms. The molecule has 1 N–H and O–H groups in total. The Morgan fingerprint density at radius 3 is 2.90 bits per heavy atom. The monoisotopic (exact) mass is 141 g/mol. The quantitative estimate of drug-likeness (QED) is 0.554. The molecule has 0 spiro atoms. The van der Waals surface area contributed by atoms with E-state index in [1.807, 2.05) is 6.92 Å². The molecule has 1 aliphatic heterocycles. The standard InChI is InChI=1S/C7H11NO2/c1-5-4-7(10)8-6(5)2-3-9/h3,5-6H,2,4H2,1H3,(H,8,10)/t5-,6-/m0/s1. The van der Waals surface area contributed by atoms with Gasteiger partial charge in [-0.15, -0.1) is 0 Å². The molecule has 1 saturated heterocycles. The summed E-state index contributed by atoms with van der Waals surface area (Å²) in [5.74, 6) is 0.386. The van der Waals surface area contributed by atoms with E-state index in [0.717, 1.165) is 6.29 Å². The molecule has 1 rings (SSSR count). The SMILES string of the molecule is C[C@H]1CC(=O)N[C@H]1CC=O. The van der Waals surface area contributed by atoms with Crippen molar-refractivity contribution >= 4 is 12.2 Å². The third-order valence-corrected chi connectivity index (χ3v) is 1.89. The van der Waals surface area contributed by atoms with Crippen LogP contribution in [0, 0.1) is 5.92 Å². The van der Waals surface area contributed by atoms with Crippen LogP contribution in [0.1, 0.15) is 19.8 Å². The Bertz CT molecular complexity index is 156. The molecular formula is C7H11NO2. The van der Waals surface area contributed by atoms with Crippen molar-refractivity contribution in [3.8, 4) is 0 Å². The van der Waals surface area contributed by atoms with E-state index in [2.05, 4.69) is 5.32 Å². The second kappa shape index (κ2) is 2.82. The van der Waals surface area contributed by atoms with Crippen LogP contribution in [0.4, 0.5) is 0 Å². The van der Waals surface area contributed by atoms with E-state index < -0.39 is 0 Å². The van der Waals surface area contributed by atoms with Crippen molar-refractivity contribution in [3.05, 3.63) is 0 Å². The second-order valence-corrected chi connectivity index (χ2v) is 2.76. The molecule has 0 saturated carbocycles. The molecule has 3 heteroatoms. The van der Waals surface area contributed by atoms with Crippen LogP contribution in [0.3, 0.4) is 0 Å². The molecule has 1 aliphatic rings. The van der Waals surface area contributed by atoms with Crippen LogP contribution in [0.15, 0.2) is 0 Å². The van der Waals surface area contributed by atoms with Crippen molar-refractivity contribution in [2.75, 3.05) is 0 Å². The van der Waals surface area contributed by atoms with Gasteiger partial charge < -0.3 is 10.1 Å². The summed E-state index contributed by atoms with van der Waals surface area (Å²) in [7, 11) is 0. The molecule has 0 unspecified atom stereocenters. The van der Waals surface area contributed by atoms with Crippen LogP contribution in [0.5, 0.6) is 0 Å². The van der Waals surface area contributed by atoms with Crippen LogP contribution >= 0.6 is 0 Å². The van der Waals surface area contributed by atoms with E-state index in [0.29, 0.717) is 18.8 Å². The Morgan fingerprint density at radius 1 is 1.80 bits per heavy atom. The number of carbonyl (C=O) groups is 2. The molecule has 0 radical (unpaired) electrons. The summed E-state index contributed by atoms with van der Waals surface area (Å²) in [4.78, 5) is 20.8. The molecule has 0 bridgehead atoms. The third kappa shape index (κ3) is 1.35. The first-order valence-electron chi connectivity index (χ1n) is 3.47. The van der Waals surface area contributed by atoms with E-state index in [-0.39, 0.29) is 11.9 Å². The van der Waals surface area contributed by atoms with Crippen molar-refractivity contribution in [2.45, 2.75) is 25.8 Å². The Hall–Kier alpha value is -0.860. The van der Waals surface area contributed by atoms with Crippen LogP contribution in [0.2, 0.25) is 0 Å². The Morgan fingerprint density at radius 2 is 2.50 bits per heavy atom. The number of hydrogen-bond donors (Lipinski definition) is 1. The predicted molar refractivity (Wildman–Crippen MR) is 36.4 cm³/mol. The van der Waals surface area contributed by atoms with Crippen molar-refractivity contribution < 1.29 is 9.59 Å². The second-order valence-electron chi connectivity index (χ2n) is 2.76. The minimum atomic E-state index is 0.0688. The molecule has 56 valence electrons. The van der Waals surface area contributed by atoms with Gasteiger partial charge in [0, 0.05) is 18.9 Å². The maximum absolute atomic E-state index is 10.7. The lowest BCUT2D eigenvalue weighted by Crippen LogP contribution is -2.28. The summed E-state index contributed by atoms with van der Waals surface area (Å²) in [5, 5.41) is 2.73. The molecule has 0 aromatic carbocycles. The van der Waals surface area contributed by atoms with Gasteiger partial charge in [0.2, 0.25) is 5.91 Å². The summed E-state index contributed by atoms with van der Waals surface area (Å²) in [5.41, 5.74) is 0. The normalized spacial score (nSPS) is 31.9. The molecule has 3 nitrogen and oxygen atoms in total. The van der Waals surface area contributed by atoms with Crippen LogP contribution in [0.25, 0.3) is 0 Å². The van der Waals surface area contributed by atoms with E-state index in [1.165, 1.54) is 0 Å². The average molecular weight is 141 g/mol. The molecule has 0 aromatic heterocycles. The minimum Gasteiger partial charge on any atom is -0.353 e. The van der Waals surface area contributed by atoms with Gasteiger partial charge in [0.1, 0.15) is 6.29 Å². The number of hydrogen-bond acceptors (Lipinski definition) is 2. The fourth-order valence-corrected chi connectivity index (χ4v) is 1.24. The largest absolute Gasteiger partial charge is 0.353 e. The Balaban J connectivity index is 2.45. The van der Waals surface area contributed by atoms with Gasteiger partial charge in [-0.1, -0.05) is 6.92 Å². The minimum absolute atomic E-state index is 0.0688. The Labute approximate surface area is 59.8 Å². The average Bonchev–Trinajstić information content (AvgIpc) is 2.13. The van der Waals surface area contributed by atoms with Crippen molar-refractivity contribution in [2.24, 2.45) is 5.92 Å². The number of aldehydes is 1. The molecule has 1 heterocycles. The molecule has 2 atom stereocenters. The fourth-order valence-electron chi connectivity index (χ4n) is 1.24. The van der Waals surface area contributed by atoms with E-state index in [9.17, 15) is 9.59 Å². The fraction of sp³-hybridized carbons (Fsp3) is 0.714. The first-order chi connectivity index (χ1) is 4.74. The van der Waals surface area contributed by atoms with Gasteiger partial charge in [0.15, 0.2) is 0 Å². The van der Waals surface area contributed by atoms with Gasteiger partial charge in [0.25, 0.3) is 0 Å². The van der Waals surface area contributed by atoms with Gasteiger partial charge in [-0.3, -0.25) is 4.79 Å². The van der Waals surface area contributed by atoms with Gasteiger partial charge in [0.05, 0.1) is 0 Å². The zero-order valence-electron chi connectivity index (χ0n) is 5.96. The highest BCUT2D eigenvalue weighted by Gasteiger charge is 2.27. The lowest BCUT2D eigenvalue weighted by Gasteiger charge is -2.09. The molecule has 1 amide bonds. The van der Waals surface area contributed by atoms with E-state index in [4.69, 9.17) is 0 Å². The molecular weight excluding hydrogens is 130 g/mol. The highest BCUT2D eigenvalue weighted by Crippen LogP contribution is 2.16. The Kier molecular flexibility index (Phi) is 2.04. The van der Waals surface area contributed by atoms with Gasteiger partial charge >= 0.3 is 0 Å². The predicted octanol–water partition coefficient (Wildman–Crippen LogP) is 0.1000. The first kappa shape index (κ1) is 7.25. The van der Waals surface area contributed by atoms with E-state index in [1.54, 1.807) is 0 Å². The first-order valence-corrected chi connectivity index (χ1v) is 3.47. The van der Waals surface area contributed by atoms with Gasteiger partial charge in [-0.25, -0.2) is 0 Å². The van der Waals surface area contributed by atoms with Crippen LogP contribution in [-0.2, 0) is 9.59 Å². The van der Waals surface area contributed by atoms with Crippen LogP contribution in [-0.4, -0.2) is 18.2 Å². The molecule has 0 aliphatic carbocycles. The van der Waals surface area contributed by atoms with Crippen molar-refractivity contribution in [1.82, 2.24) is 5.32 Å². The maximum Gasteiger partial charge on any atom is 0.220 e. The maximum atomic E-state index is 10.7. The van der Waals surface area contributed by atoms with Gasteiger partial charge in [-0.05, 0) is 5.92 Å². The number of rotatable bonds is 2. The lowest BCUT2D eigenvalue weighted by atomic mass is 10.0. The van der Waals surface area contributed by atoms with Crippen LogP contribution < -0.4 is 5.32 Å². The lowest BCUT2D eigenvalue weighted by molar-refractivity contribution is -0.119. The summed E-state index contributed by atoms with van der Waals surface area (Å²) in [6.45, 7) is 1.98. The number of amides is 1. The summed E-state index contributed by atoms with van der Waals surface area (Å²) in [6, 6.07) is 0.0880. The van der Waals surface area contributed by atoms with E-state index >= 15 is 0 Å². The number of carbonyl (C=O) groups excluding carboxylic acids is 2.